The summed E-state index contributed by atoms with van der Waals surface area (Å²) in [5.41, 5.74) is 1.61. The molecule has 350 valence electrons. The molecule has 0 radical (unpaired) electrons. The minimum Gasteiger partial charge on any atom is -0.290 e. The smallest absolute Gasteiger partial charge is 0.290 e. The Kier molecular flexibility index (Phi) is 23.3. The number of ketones is 2. The standard InChI is InChI=1S/2C20H17OP.2C2H3N.2F6P.Ru/c2*21-20(17-10-4-1-5-11-17)16-22(18-12-6-2-7-13-18)19-14-8-3-9-15-19;2*1-2-3;2*1-7(2,3,4,5)6;/h2*1-15H,16H2;2*1H3;;;/q;;;;2*-1;+2/p+2. The van der Waals surface area contributed by atoms with Crippen molar-refractivity contribution in [3.8, 4) is 12.1 Å². The van der Waals surface area contributed by atoms with Gasteiger partial charge >= 0.3 is 85.5 Å². The van der Waals surface area contributed by atoms with E-state index < -0.39 is 31.5 Å². The van der Waals surface area contributed by atoms with Gasteiger partial charge < -0.3 is 0 Å². The summed E-state index contributed by atoms with van der Waals surface area (Å²) in [5.74, 6) is 0.449. The van der Waals surface area contributed by atoms with Gasteiger partial charge in [0.05, 0.1) is 49.2 Å². The van der Waals surface area contributed by atoms with Crippen LogP contribution in [0.4, 0.5) is 50.4 Å². The van der Waals surface area contributed by atoms with Gasteiger partial charge in [0.15, 0.2) is 11.6 Å². The Labute approximate surface area is 384 Å². The molecule has 0 fully saturated rings. The number of halogens is 12. The van der Waals surface area contributed by atoms with E-state index in [1.165, 1.54) is 35.1 Å². The Morgan fingerprint density at radius 1 is 0.385 bits per heavy atom. The van der Waals surface area contributed by atoms with Crippen molar-refractivity contribution in [2.45, 2.75) is 13.8 Å². The van der Waals surface area contributed by atoms with Crippen LogP contribution >= 0.6 is 31.5 Å². The molecule has 0 aliphatic rings. The predicted molar refractivity (Wildman–Crippen MR) is 242 cm³/mol. The van der Waals surface area contributed by atoms with E-state index in [1.54, 1.807) is 12.1 Å². The molecule has 4 nitrogen and oxygen atoms in total. The molecule has 0 amide bonds. The molecule has 0 N–H and O–H groups in total. The average Bonchev–Trinajstić information content (AvgIpc) is 3.22. The van der Waals surface area contributed by atoms with Crippen LogP contribution in [0.2, 0.25) is 0 Å². The van der Waals surface area contributed by atoms with Gasteiger partial charge in [0.2, 0.25) is 0 Å². The Morgan fingerprint density at radius 3 is 0.677 bits per heavy atom. The number of nitrogens with zero attached hydrogens (tertiary/aromatic N) is 2. The van der Waals surface area contributed by atoms with Crippen molar-refractivity contribution in [3.05, 3.63) is 193 Å². The van der Waals surface area contributed by atoms with Crippen molar-refractivity contribution in [2.75, 3.05) is 12.3 Å². The Hall–Kier alpha value is -4.86. The number of Topliss-reactive ketones (excluding diaryl/α,β-unsaturated/α-hetero) is 2. The molecule has 6 aromatic rings. The van der Waals surface area contributed by atoms with Crippen LogP contribution in [0.1, 0.15) is 34.6 Å². The van der Waals surface area contributed by atoms with Crippen LogP contribution in [0.25, 0.3) is 0 Å². The molecule has 0 saturated carbocycles. The minimum atomic E-state index is -10.7. The van der Waals surface area contributed by atoms with Crippen LogP contribution in [-0.2, 0) is 19.5 Å². The first-order valence-electron chi connectivity index (χ1n) is 18.3. The number of hydrogen-bond acceptors (Lipinski definition) is 4. The van der Waals surface area contributed by atoms with Gasteiger partial charge in [-0.3, -0.25) is 9.59 Å². The number of carbonyl (C=O) groups is 2. The molecule has 0 aromatic heterocycles. The zero-order valence-corrected chi connectivity index (χ0v) is 39.8. The second-order valence-corrected chi connectivity index (χ2v) is 21.5. The number of rotatable bonds is 10. The zero-order chi connectivity index (χ0) is 48.6. The quantitative estimate of drug-likeness (QED) is 0.0592. The summed E-state index contributed by atoms with van der Waals surface area (Å²) in [5, 5.41) is 19.8. The predicted octanol–water partition coefficient (Wildman–Crippen LogP) is 15.3. The number of nitriles is 2. The molecule has 0 spiro atoms. The third-order valence-electron chi connectivity index (χ3n) is 7.36. The van der Waals surface area contributed by atoms with Gasteiger partial charge in [-0.15, -0.1) is 0 Å². The maximum absolute atomic E-state index is 12.6. The van der Waals surface area contributed by atoms with Gasteiger partial charge in [-0.1, -0.05) is 133 Å². The van der Waals surface area contributed by atoms with E-state index in [0.29, 0.717) is 12.3 Å². The van der Waals surface area contributed by atoms with Crippen molar-refractivity contribution in [3.63, 3.8) is 0 Å². The summed E-state index contributed by atoms with van der Waals surface area (Å²) in [6.07, 6.45) is 1.17. The Balaban J connectivity index is 0.000000888. The molecule has 0 aliphatic heterocycles. The van der Waals surface area contributed by atoms with Gasteiger partial charge in [-0.25, -0.2) is 0 Å². The van der Waals surface area contributed by atoms with Crippen LogP contribution in [0.5, 0.6) is 0 Å². The van der Waals surface area contributed by atoms with Crippen molar-refractivity contribution >= 4 is 64.2 Å². The molecule has 65 heavy (non-hydrogen) atoms. The van der Waals surface area contributed by atoms with Gasteiger partial charge in [0.25, 0.3) is 0 Å². The average molecular weight is 1080 g/mol. The van der Waals surface area contributed by atoms with Gasteiger partial charge in [0, 0.05) is 25.0 Å². The van der Waals surface area contributed by atoms with Crippen LogP contribution < -0.4 is 21.2 Å². The number of benzene rings is 6. The molecule has 0 saturated heterocycles. The van der Waals surface area contributed by atoms with E-state index in [2.05, 4.69) is 97.1 Å². The van der Waals surface area contributed by atoms with E-state index >= 15 is 0 Å². The molecule has 6 rings (SSSR count). The van der Waals surface area contributed by atoms with Crippen LogP contribution in [-0.4, -0.2) is 23.9 Å². The van der Waals surface area contributed by atoms with Gasteiger partial charge in [-0.05, 0) is 48.5 Å². The van der Waals surface area contributed by atoms with E-state index in [9.17, 15) is 60.0 Å². The molecule has 0 bridgehead atoms. The van der Waals surface area contributed by atoms with E-state index in [4.69, 9.17) is 10.5 Å². The van der Waals surface area contributed by atoms with E-state index in [1.807, 2.05) is 84.9 Å². The fourth-order valence-corrected chi connectivity index (χ4v) is 9.99. The van der Waals surface area contributed by atoms with Crippen LogP contribution in [0.15, 0.2) is 182 Å². The topological polar surface area (TPSA) is 81.7 Å². The second kappa shape index (κ2) is 25.2. The monoisotopic (exact) mass is 1080 g/mol. The first-order valence-corrected chi connectivity index (χ1v) is 25.7. The van der Waals surface area contributed by atoms with Crippen LogP contribution in [0, 0.1) is 22.7 Å². The van der Waals surface area contributed by atoms with Crippen molar-refractivity contribution < 1.29 is 79.4 Å². The van der Waals surface area contributed by atoms with Gasteiger partial charge in [-0.2, -0.15) is 10.5 Å². The summed E-state index contributed by atoms with van der Waals surface area (Å²) < 4.78 is 118. The third-order valence-corrected chi connectivity index (χ3v) is 12.8. The molecule has 0 aliphatic carbocycles. The maximum Gasteiger partial charge on any atom is 2.00 e. The maximum atomic E-state index is 12.6. The first kappa shape index (κ1) is 60.1. The van der Waals surface area contributed by atoms with Crippen molar-refractivity contribution in [1.82, 2.24) is 0 Å². The summed E-state index contributed by atoms with van der Waals surface area (Å²) in [6, 6.07) is 64.3. The van der Waals surface area contributed by atoms with Gasteiger partial charge in [0.1, 0.15) is 12.3 Å². The zero-order valence-electron chi connectivity index (χ0n) is 34.2. The fraction of sp³-hybridized carbons (Fsp3) is 0.0909. The molecule has 0 unspecified atom stereocenters. The van der Waals surface area contributed by atoms with E-state index in [-0.39, 0.29) is 31.0 Å². The van der Waals surface area contributed by atoms with Crippen molar-refractivity contribution in [1.29, 1.82) is 10.5 Å². The molecule has 21 heteroatoms. The number of hydrogen-bond donors (Lipinski definition) is 0. The SMILES string of the molecule is CC#N.CC#N.F[P-](F)(F)(F)(F)F.F[P-](F)(F)(F)(F)F.O=C(C[PH+](c1ccccc1)c1ccccc1)c1ccccc1.O=C(C[PH+](c1ccccc1)c1ccccc1)c1ccccc1.[Ru+2]. The largest absolute Gasteiger partial charge is 2.00 e. The normalized spacial score (nSPS) is 12.4. The number of carbonyl (C=O) groups excluding carboxylic acids is 2. The molecular weight excluding hydrogens is 1040 g/mol. The molecule has 0 atom stereocenters. The second-order valence-electron chi connectivity index (χ2n) is 12.7. The molecule has 6 aromatic carbocycles. The summed E-state index contributed by atoms with van der Waals surface area (Å²) in [6.45, 7) is 2.86. The Morgan fingerprint density at radius 2 is 0.523 bits per heavy atom. The van der Waals surface area contributed by atoms with E-state index in [0.717, 1.165) is 11.1 Å². The van der Waals surface area contributed by atoms with Crippen molar-refractivity contribution in [2.24, 2.45) is 0 Å². The Bertz CT molecular complexity index is 2130. The first-order chi connectivity index (χ1) is 29.4. The summed E-state index contributed by atoms with van der Waals surface area (Å²) in [4.78, 5) is 25.3. The molecule has 0 heterocycles. The minimum absolute atomic E-state index is 0. The summed E-state index contributed by atoms with van der Waals surface area (Å²) in [7, 11) is -23.5. The molecular formula is C44H42F12N2O2P4Ru+2. The van der Waals surface area contributed by atoms with Crippen LogP contribution in [0.3, 0.4) is 0 Å². The summed E-state index contributed by atoms with van der Waals surface area (Å²) >= 11 is 0. The third kappa shape index (κ3) is 34.2. The fourth-order valence-electron chi connectivity index (χ4n) is 5.07.